The van der Waals surface area contributed by atoms with Gasteiger partial charge in [-0.2, -0.15) is 0 Å². The molecule has 8 heteroatoms. The van der Waals surface area contributed by atoms with E-state index in [0.717, 1.165) is 50.6 Å². The summed E-state index contributed by atoms with van der Waals surface area (Å²) in [5, 5.41) is 2.29. The predicted molar refractivity (Wildman–Crippen MR) is 110 cm³/mol. The number of imide groups is 1. The lowest BCUT2D eigenvalue weighted by Crippen LogP contribution is -2.54. The van der Waals surface area contributed by atoms with E-state index in [1.54, 1.807) is 4.90 Å². The number of hydrazine groups is 1. The van der Waals surface area contributed by atoms with Crippen LogP contribution in [0.5, 0.6) is 5.75 Å². The molecule has 30 heavy (non-hydrogen) atoms. The van der Waals surface area contributed by atoms with Gasteiger partial charge in [-0.1, -0.05) is 12.5 Å². The van der Waals surface area contributed by atoms with Gasteiger partial charge in [0.05, 0.1) is 12.1 Å². The summed E-state index contributed by atoms with van der Waals surface area (Å²) >= 11 is 0. The Kier molecular flexibility index (Phi) is 6.53. The fourth-order valence-electron chi connectivity index (χ4n) is 4.01. The number of hydrogen-bond acceptors (Lipinski definition) is 5. The normalized spacial score (nSPS) is 20.2. The molecule has 3 fully saturated rings. The molecule has 2 saturated carbocycles. The molecule has 3 N–H and O–H groups in total. The number of carbonyl (C=O) groups excluding carboxylic acids is 2. The molecule has 0 bridgehead atoms. The van der Waals surface area contributed by atoms with Gasteiger partial charge in [0.1, 0.15) is 6.54 Å². The van der Waals surface area contributed by atoms with Crippen LogP contribution in [-0.2, 0) is 10.3 Å². The highest BCUT2D eigenvalue weighted by molar-refractivity contribution is 6.01. The number of halogens is 1. The van der Waals surface area contributed by atoms with Crippen molar-refractivity contribution in [3.05, 3.63) is 29.6 Å². The van der Waals surface area contributed by atoms with E-state index in [1.165, 1.54) is 18.9 Å². The van der Waals surface area contributed by atoms with Crippen LogP contribution < -0.4 is 20.9 Å². The van der Waals surface area contributed by atoms with Gasteiger partial charge >= 0.3 is 6.03 Å². The maximum Gasteiger partial charge on any atom is 0.324 e. The second kappa shape index (κ2) is 9.31. The van der Waals surface area contributed by atoms with E-state index in [-0.39, 0.29) is 29.8 Å². The van der Waals surface area contributed by atoms with Gasteiger partial charge in [0.15, 0.2) is 11.6 Å². The molecular formula is C22H31FN4O3. The lowest BCUT2D eigenvalue weighted by molar-refractivity contribution is -0.118. The average molecular weight is 419 g/mol. The molecule has 0 atom stereocenters. The van der Waals surface area contributed by atoms with E-state index in [2.05, 4.69) is 16.2 Å². The SMILES string of the molecule is O=C1CN(CCCCCNNC2(c3ccc(F)c(OCC4CC4)c3)CCC2)C(=O)N1. The molecule has 0 radical (unpaired) electrons. The molecule has 0 unspecified atom stereocenters. The molecule has 7 nitrogen and oxygen atoms in total. The molecular weight excluding hydrogens is 387 g/mol. The molecule has 3 aliphatic rings. The molecule has 0 aromatic heterocycles. The van der Waals surface area contributed by atoms with Crippen LogP contribution in [0.4, 0.5) is 9.18 Å². The molecule has 3 amide bonds. The molecule has 0 spiro atoms. The summed E-state index contributed by atoms with van der Waals surface area (Å²) in [5.41, 5.74) is 7.70. The minimum absolute atomic E-state index is 0.167. The smallest absolute Gasteiger partial charge is 0.324 e. The quantitative estimate of drug-likeness (QED) is 0.276. The van der Waals surface area contributed by atoms with E-state index < -0.39 is 0 Å². The molecule has 2 aliphatic carbocycles. The number of urea groups is 1. The number of nitrogens with zero attached hydrogens (tertiary/aromatic N) is 1. The number of amides is 3. The highest BCUT2D eigenvalue weighted by Gasteiger charge is 2.39. The van der Waals surface area contributed by atoms with Gasteiger partial charge in [0.2, 0.25) is 5.91 Å². The van der Waals surface area contributed by atoms with Gasteiger partial charge < -0.3 is 9.64 Å². The van der Waals surface area contributed by atoms with Gasteiger partial charge in [0, 0.05) is 13.1 Å². The molecule has 1 saturated heterocycles. The van der Waals surface area contributed by atoms with Gasteiger partial charge in [-0.15, -0.1) is 0 Å². The first kappa shape index (κ1) is 21.1. The maximum atomic E-state index is 14.1. The van der Waals surface area contributed by atoms with Crippen LogP contribution in [0.25, 0.3) is 0 Å². The number of hydrogen-bond donors (Lipinski definition) is 3. The highest BCUT2D eigenvalue weighted by Crippen LogP contribution is 2.42. The monoisotopic (exact) mass is 418 g/mol. The summed E-state index contributed by atoms with van der Waals surface area (Å²) < 4.78 is 19.8. The summed E-state index contributed by atoms with van der Waals surface area (Å²) in [6, 6.07) is 4.94. The van der Waals surface area contributed by atoms with Crippen LogP contribution in [0.2, 0.25) is 0 Å². The summed E-state index contributed by atoms with van der Waals surface area (Å²) in [6.07, 6.45) is 8.31. The predicted octanol–water partition coefficient (Wildman–Crippen LogP) is 2.81. The van der Waals surface area contributed by atoms with Crippen molar-refractivity contribution in [2.45, 2.75) is 56.9 Å². The highest BCUT2D eigenvalue weighted by atomic mass is 19.1. The molecule has 1 aromatic carbocycles. The molecule has 1 aromatic rings. The number of rotatable bonds is 12. The van der Waals surface area contributed by atoms with Crippen molar-refractivity contribution in [2.24, 2.45) is 5.92 Å². The second-order valence-electron chi connectivity index (χ2n) is 8.72. The summed E-state index contributed by atoms with van der Waals surface area (Å²) in [7, 11) is 0. The minimum Gasteiger partial charge on any atom is -0.490 e. The van der Waals surface area contributed by atoms with E-state index in [1.807, 2.05) is 12.1 Å². The maximum absolute atomic E-state index is 14.1. The Morgan fingerprint density at radius 3 is 2.70 bits per heavy atom. The van der Waals surface area contributed by atoms with Crippen LogP contribution >= 0.6 is 0 Å². The van der Waals surface area contributed by atoms with Crippen LogP contribution in [-0.4, -0.2) is 43.1 Å². The number of nitrogens with one attached hydrogen (secondary N) is 3. The topological polar surface area (TPSA) is 82.7 Å². The lowest BCUT2D eigenvalue weighted by Gasteiger charge is -2.43. The Hall–Kier alpha value is -2.19. The van der Waals surface area contributed by atoms with Gasteiger partial charge in [-0.05, 0) is 68.6 Å². The fraction of sp³-hybridized carbons (Fsp3) is 0.636. The van der Waals surface area contributed by atoms with Crippen LogP contribution in [0.3, 0.4) is 0 Å². The molecule has 1 heterocycles. The van der Waals surface area contributed by atoms with Gasteiger partial charge in [-0.3, -0.25) is 15.5 Å². The van der Waals surface area contributed by atoms with E-state index >= 15 is 0 Å². The number of unbranched alkanes of at least 4 members (excludes halogenated alkanes) is 2. The Bertz CT molecular complexity index is 780. The van der Waals surface area contributed by atoms with Crippen molar-refractivity contribution in [1.29, 1.82) is 0 Å². The number of ether oxygens (including phenoxy) is 1. The van der Waals surface area contributed by atoms with Crippen molar-refractivity contribution < 1.29 is 18.7 Å². The fourth-order valence-corrected chi connectivity index (χ4v) is 4.01. The Morgan fingerprint density at radius 1 is 1.20 bits per heavy atom. The lowest BCUT2D eigenvalue weighted by atomic mass is 9.72. The van der Waals surface area contributed by atoms with E-state index in [9.17, 15) is 14.0 Å². The van der Waals surface area contributed by atoms with Crippen molar-refractivity contribution in [3.8, 4) is 5.75 Å². The summed E-state index contributed by atoms with van der Waals surface area (Å²) in [4.78, 5) is 24.2. The summed E-state index contributed by atoms with van der Waals surface area (Å²) in [5.74, 6) is 0.427. The molecule has 4 rings (SSSR count). The first-order valence-corrected chi connectivity index (χ1v) is 11.1. The second-order valence-corrected chi connectivity index (χ2v) is 8.72. The van der Waals surface area contributed by atoms with Crippen molar-refractivity contribution >= 4 is 11.9 Å². The Balaban J connectivity index is 1.19. The third kappa shape index (κ3) is 5.10. The largest absolute Gasteiger partial charge is 0.490 e. The average Bonchev–Trinajstić information content (AvgIpc) is 3.46. The first-order chi connectivity index (χ1) is 14.6. The van der Waals surface area contributed by atoms with Gasteiger partial charge in [0.25, 0.3) is 0 Å². The molecule has 1 aliphatic heterocycles. The summed E-state index contributed by atoms with van der Waals surface area (Å²) in [6.45, 7) is 2.19. The van der Waals surface area contributed by atoms with Gasteiger partial charge in [-0.25, -0.2) is 14.6 Å². The number of benzene rings is 1. The van der Waals surface area contributed by atoms with Crippen LogP contribution in [0.15, 0.2) is 18.2 Å². The van der Waals surface area contributed by atoms with Crippen LogP contribution in [0.1, 0.15) is 56.9 Å². The standard InChI is InChI=1S/C22H31FN4O3/c23-18-8-7-17(13-19(18)30-15-16-5-6-16)22(9-4-10-22)26-24-11-2-1-3-12-27-14-20(28)25-21(27)29/h7-8,13,16,24,26H,1-6,9-12,14-15H2,(H,25,28,29). The first-order valence-electron chi connectivity index (χ1n) is 11.1. The van der Waals surface area contributed by atoms with Crippen LogP contribution in [0, 0.1) is 11.7 Å². The zero-order valence-corrected chi connectivity index (χ0v) is 17.3. The number of carbonyl (C=O) groups is 2. The van der Waals surface area contributed by atoms with Crippen molar-refractivity contribution in [1.82, 2.24) is 21.1 Å². The van der Waals surface area contributed by atoms with E-state index in [0.29, 0.717) is 24.8 Å². The Morgan fingerprint density at radius 2 is 2.03 bits per heavy atom. The van der Waals surface area contributed by atoms with Crippen molar-refractivity contribution in [2.75, 3.05) is 26.2 Å². The minimum atomic E-state index is -0.296. The zero-order chi connectivity index (χ0) is 21.0. The zero-order valence-electron chi connectivity index (χ0n) is 17.3. The van der Waals surface area contributed by atoms with E-state index in [4.69, 9.17) is 4.74 Å². The Labute approximate surface area is 176 Å². The molecule has 164 valence electrons. The third-order valence-corrected chi connectivity index (χ3v) is 6.29. The van der Waals surface area contributed by atoms with Crippen molar-refractivity contribution in [3.63, 3.8) is 0 Å². The third-order valence-electron chi connectivity index (χ3n) is 6.29.